The number of nitrogens with two attached hydrogens (primary N) is 1. The van der Waals surface area contributed by atoms with Gasteiger partial charge in [-0.3, -0.25) is 4.99 Å². The second-order valence-electron chi connectivity index (χ2n) is 4.93. The normalized spacial score (nSPS) is 11.2. The number of hydrogen-bond donors (Lipinski definition) is 1. The number of rotatable bonds is 2. The van der Waals surface area contributed by atoms with Crippen LogP contribution in [-0.2, 0) is 0 Å². The summed E-state index contributed by atoms with van der Waals surface area (Å²) >= 11 is 0. The molecule has 2 aromatic carbocycles. The average molecular weight is 252 g/mol. The zero-order valence-electron chi connectivity index (χ0n) is 12.0. The van der Waals surface area contributed by atoms with Crippen molar-refractivity contribution in [2.75, 3.05) is 5.73 Å². The van der Waals surface area contributed by atoms with E-state index in [1.165, 1.54) is 0 Å². The van der Waals surface area contributed by atoms with E-state index in [1.54, 1.807) is 0 Å². The van der Waals surface area contributed by atoms with Crippen molar-refractivity contribution < 1.29 is 0 Å². The highest BCUT2D eigenvalue weighted by atomic mass is 14.7. The van der Waals surface area contributed by atoms with Gasteiger partial charge in [-0.15, -0.1) is 0 Å². The molecule has 2 nitrogen and oxygen atoms in total. The monoisotopic (exact) mass is 252 g/mol. The molecule has 0 bridgehead atoms. The summed E-state index contributed by atoms with van der Waals surface area (Å²) in [6, 6.07) is 10.1. The Balaban J connectivity index is 2.50. The van der Waals surface area contributed by atoms with Gasteiger partial charge in [0.25, 0.3) is 0 Å². The lowest BCUT2D eigenvalue weighted by Gasteiger charge is -2.15. The first kappa shape index (κ1) is 13.3. The highest BCUT2D eigenvalue weighted by molar-refractivity contribution is 5.83. The van der Waals surface area contributed by atoms with Gasteiger partial charge in [-0.25, -0.2) is 0 Å². The Labute approximate surface area is 115 Å². The first-order chi connectivity index (χ1) is 9.02. The third kappa shape index (κ3) is 2.53. The van der Waals surface area contributed by atoms with Gasteiger partial charge in [-0.2, -0.15) is 0 Å². The molecule has 0 heterocycles. The molecule has 0 radical (unpaired) electrons. The maximum absolute atomic E-state index is 6.11. The lowest BCUT2D eigenvalue weighted by molar-refractivity contribution is 1.23. The molecule has 98 valence electrons. The first-order valence-corrected chi connectivity index (χ1v) is 6.47. The summed E-state index contributed by atoms with van der Waals surface area (Å²) in [4.78, 5) is 4.66. The average Bonchev–Trinajstić information content (AvgIpc) is 2.44. The molecule has 0 fully saturated rings. The maximum Gasteiger partial charge on any atom is 0.0694 e. The predicted octanol–water partition coefficient (Wildman–Crippen LogP) is 4.25. The van der Waals surface area contributed by atoms with Crippen LogP contribution in [0.15, 0.2) is 35.3 Å². The first-order valence-electron chi connectivity index (χ1n) is 6.47. The van der Waals surface area contributed by atoms with Gasteiger partial charge in [0.15, 0.2) is 0 Å². The molecule has 2 rings (SSSR count). The minimum Gasteiger partial charge on any atom is -0.398 e. The summed E-state index contributed by atoms with van der Waals surface area (Å²) in [6.07, 6.45) is 1.91. The molecule has 19 heavy (non-hydrogen) atoms. The van der Waals surface area contributed by atoms with Gasteiger partial charge < -0.3 is 5.73 Å². The summed E-state index contributed by atoms with van der Waals surface area (Å²) in [5.41, 5.74) is 13.7. The van der Waals surface area contributed by atoms with Crippen molar-refractivity contribution in [1.82, 2.24) is 0 Å². The summed E-state index contributed by atoms with van der Waals surface area (Å²) in [6.45, 7) is 8.27. The molecule has 0 saturated carbocycles. The summed E-state index contributed by atoms with van der Waals surface area (Å²) < 4.78 is 0. The minimum absolute atomic E-state index is 0.883. The Bertz CT molecular complexity index is 596. The fourth-order valence-electron chi connectivity index (χ4n) is 2.19. The van der Waals surface area contributed by atoms with E-state index in [-0.39, 0.29) is 0 Å². The van der Waals surface area contributed by atoms with Gasteiger partial charge in [0.2, 0.25) is 0 Å². The fraction of sp³-hybridized carbons (Fsp3) is 0.235. The van der Waals surface area contributed by atoms with E-state index in [2.05, 4.69) is 32.7 Å². The predicted molar refractivity (Wildman–Crippen MR) is 83.5 cm³/mol. The Morgan fingerprint density at radius 1 is 0.842 bits per heavy atom. The Kier molecular flexibility index (Phi) is 3.70. The van der Waals surface area contributed by atoms with Crippen LogP contribution >= 0.6 is 0 Å². The van der Waals surface area contributed by atoms with Crippen molar-refractivity contribution in [2.45, 2.75) is 27.7 Å². The second kappa shape index (κ2) is 5.27. The van der Waals surface area contributed by atoms with Crippen LogP contribution in [0.1, 0.15) is 27.8 Å². The van der Waals surface area contributed by atoms with Crippen LogP contribution in [0.25, 0.3) is 0 Å². The van der Waals surface area contributed by atoms with E-state index in [0.29, 0.717) is 0 Å². The smallest absolute Gasteiger partial charge is 0.0694 e. The van der Waals surface area contributed by atoms with E-state index >= 15 is 0 Å². The van der Waals surface area contributed by atoms with Gasteiger partial charge in [-0.05, 0) is 55.5 Å². The number of benzene rings is 2. The molecule has 0 aromatic heterocycles. The molecular formula is C17H20N2. The van der Waals surface area contributed by atoms with E-state index in [0.717, 1.165) is 39.2 Å². The SMILES string of the molecule is Cc1c(C)c(N=Cc2ccccc2)c(C)c(C)c1N. The zero-order chi connectivity index (χ0) is 14.0. The van der Waals surface area contributed by atoms with Crippen molar-refractivity contribution in [1.29, 1.82) is 0 Å². The van der Waals surface area contributed by atoms with Crippen LogP contribution in [0.3, 0.4) is 0 Å². The van der Waals surface area contributed by atoms with Crippen LogP contribution in [0, 0.1) is 27.7 Å². The molecule has 0 aliphatic heterocycles. The standard InChI is InChI=1S/C17H20N2/c1-11-13(3)17(14(4)12(2)16(11)18)19-10-15-8-6-5-7-9-15/h5-10H,18H2,1-4H3. The van der Waals surface area contributed by atoms with E-state index in [1.807, 2.05) is 36.5 Å². The molecule has 2 aromatic rings. The van der Waals surface area contributed by atoms with E-state index < -0.39 is 0 Å². The number of nitrogen functional groups attached to an aromatic ring is 1. The largest absolute Gasteiger partial charge is 0.398 e. The van der Waals surface area contributed by atoms with Crippen molar-refractivity contribution >= 4 is 17.6 Å². The van der Waals surface area contributed by atoms with Crippen molar-refractivity contribution in [3.63, 3.8) is 0 Å². The van der Waals surface area contributed by atoms with Crippen LogP contribution in [0.5, 0.6) is 0 Å². The van der Waals surface area contributed by atoms with Crippen LogP contribution < -0.4 is 5.73 Å². The molecule has 0 amide bonds. The van der Waals surface area contributed by atoms with Crippen LogP contribution in [0.4, 0.5) is 11.4 Å². The molecule has 2 N–H and O–H groups in total. The molecule has 0 unspecified atom stereocenters. The third-order valence-corrected chi connectivity index (χ3v) is 3.79. The molecular weight excluding hydrogens is 232 g/mol. The van der Waals surface area contributed by atoms with E-state index in [4.69, 9.17) is 5.73 Å². The quantitative estimate of drug-likeness (QED) is 0.629. The highest BCUT2D eigenvalue weighted by Gasteiger charge is 2.11. The Morgan fingerprint density at radius 2 is 1.37 bits per heavy atom. The Hall–Kier alpha value is -2.09. The molecule has 0 aliphatic carbocycles. The molecule has 0 spiro atoms. The number of anilines is 1. The summed E-state index contributed by atoms with van der Waals surface area (Å²) in [5.74, 6) is 0. The van der Waals surface area contributed by atoms with Gasteiger partial charge in [0.1, 0.15) is 0 Å². The third-order valence-electron chi connectivity index (χ3n) is 3.79. The molecule has 0 atom stereocenters. The van der Waals surface area contributed by atoms with Crippen molar-refractivity contribution in [3.05, 3.63) is 58.1 Å². The number of nitrogens with zero attached hydrogens (tertiary/aromatic N) is 1. The fourth-order valence-corrected chi connectivity index (χ4v) is 2.19. The van der Waals surface area contributed by atoms with Gasteiger partial charge in [0, 0.05) is 11.9 Å². The number of aliphatic imine (C=N–C) groups is 1. The molecule has 0 aliphatic rings. The zero-order valence-corrected chi connectivity index (χ0v) is 12.0. The molecule has 0 saturated heterocycles. The molecule has 2 heteroatoms. The second-order valence-corrected chi connectivity index (χ2v) is 4.93. The van der Waals surface area contributed by atoms with Crippen molar-refractivity contribution in [3.8, 4) is 0 Å². The lowest BCUT2D eigenvalue weighted by Crippen LogP contribution is -1.99. The van der Waals surface area contributed by atoms with Gasteiger partial charge >= 0.3 is 0 Å². The minimum atomic E-state index is 0.883. The van der Waals surface area contributed by atoms with Gasteiger partial charge in [0.05, 0.1) is 5.69 Å². The number of hydrogen-bond acceptors (Lipinski definition) is 2. The van der Waals surface area contributed by atoms with Crippen LogP contribution in [0.2, 0.25) is 0 Å². The van der Waals surface area contributed by atoms with E-state index in [9.17, 15) is 0 Å². The maximum atomic E-state index is 6.11. The van der Waals surface area contributed by atoms with Crippen molar-refractivity contribution in [2.24, 2.45) is 4.99 Å². The van der Waals surface area contributed by atoms with Gasteiger partial charge in [-0.1, -0.05) is 30.3 Å². The summed E-state index contributed by atoms with van der Waals surface area (Å²) in [7, 11) is 0. The highest BCUT2D eigenvalue weighted by Crippen LogP contribution is 2.34. The lowest BCUT2D eigenvalue weighted by atomic mass is 9.96. The summed E-state index contributed by atoms with van der Waals surface area (Å²) in [5, 5.41) is 0. The topological polar surface area (TPSA) is 38.4 Å². The Morgan fingerprint density at radius 3 is 1.89 bits per heavy atom. The van der Waals surface area contributed by atoms with Crippen LogP contribution in [-0.4, -0.2) is 6.21 Å².